The molecule has 1 heterocycles. The Morgan fingerprint density at radius 2 is 1.00 bits per heavy atom. The molecule has 0 amide bonds. The average molecular weight is 720 g/mol. The molecular weight excluding hydrogens is 658 g/mol. The summed E-state index contributed by atoms with van der Waals surface area (Å²) in [7, 11) is 0. The van der Waals surface area contributed by atoms with Crippen LogP contribution in [0.4, 0.5) is 0 Å². The maximum Gasteiger partial charge on any atom is 0.146 e. The minimum Gasteiger partial charge on any atom is -0.489 e. The molecule has 0 aliphatic rings. The minimum atomic E-state index is 0.0235. The number of aliphatic hydroxyl groups excluding tert-OH is 1. The normalized spacial score (nSPS) is 12.0. The van der Waals surface area contributed by atoms with Gasteiger partial charge in [0.2, 0.25) is 0 Å². The van der Waals surface area contributed by atoms with E-state index < -0.39 is 0 Å². The molecule has 0 radical (unpaired) electrons. The van der Waals surface area contributed by atoms with Crippen molar-refractivity contribution in [1.29, 1.82) is 0 Å². The van der Waals surface area contributed by atoms with Gasteiger partial charge in [-0.2, -0.15) is 0 Å². The van der Waals surface area contributed by atoms with E-state index in [1.807, 2.05) is 30.3 Å². The van der Waals surface area contributed by atoms with Gasteiger partial charge in [-0.15, -0.1) is 15.0 Å². The molecule has 0 bridgehead atoms. The number of hydrogen-bond acceptors (Lipinski definition) is 12. The molecule has 0 saturated heterocycles. The van der Waals surface area contributed by atoms with Gasteiger partial charge in [0.25, 0.3) is 0 Å². The van der Waals surface area contributed by atoms with E-state index in [0.29, 0.717) is 118 Å². The summed E-state index contributed by atoms with van der Waals surface area (Å²) in [6, 6.07) is 14.2. The zero-order chi connectivity index (χ0) is 36.4. The Bertz CT molecular complexity index is 1270. The Hall–Kier alpha value is -2.72. The van der Waals surface area contributed by atoms with Crippen molar-refractivity contribution in [1.82, 2.24) is 15.0 Å². The SMILES string of the molecule is CC(C)CC(C)(C)Cc1ccc(OCCOCCOCCOCCOCCOCCOCCOCCOCCO)c(-n2nc3ccccc3n2)c1. The molecule has 0 unspecified atom stereocenters. The number of fused-ring (bicyclic) bond motifs is 1. The van der Waals surface area contributed by atoms with E-state index in [1.54, 1.807) is 4.80 Å². The van der Waals surface area contributed by atoms with Crippen molar-refractivity contribution in [3.05, 3.63) is 48.0 Å². The van der Waals surface area contributed by atoms with Gasteiger partial charge in [0.1, 0.15) is 29.1 Å². The van der Waals surface area contributed by atoms with Gasteiger partial charge < -0.3 is 47.7 Å². The van der Waals surface area contributed by atoms with E-state index in [1.165, 1.54) is 5.56 Å². The molecule has 13 heteroatoms. The number of benzene rings is 2. The molecule has 1 aromatic heterocycles. The van der Waals surface area contributed by atoms with E-state index in [4.69, 9.17) is 57.9 Å². The molecular formula is C38H61N3O10. The Kier molecular flexibility index (Phi) is 21.9. The number of ether oxygens (including phenoxy) is 9. The van der Waals surface area contributed by atoms with E-state index in [0.717, 1.165) is 35.3 Å². The third-order valence-corrected chi connectivity index (χ3v) is 7.49. The van der Waals surface area contributed by atoms with Crippen molar-refractivity contribution in [2.45, 2.75) is 40.5 Å². The number of aromatic nitrogens is 3. The fourth-order valence-corrected chi connectivity index (χ4v) is 5.57. The first-order chi connectivity index (χ1) is 24.9. The molecule has 1 N–H and O–H groups in total. The number of nitrogens with zero attached hydrogens (tertiary/aromatic N) is 3. The highest BCUT2D eigenvalue weighted by atomic mass is 16.6. The van der Waals surface area contributed by atoms with E-state index in [2.05, 4.69) is 39.8 Å². The molecule has 13 nitrogen and oxygen atoms in total. The molecule has 0 spiro atoms. The van der Waals surface area contributed by atoms with Crippen LogP contribution < -0.4 is 4.74 Å². The lowest BCUT2D eigenvalue weighted by Crippen LogP contribution is -2.18. The third-order valence-electron chi connectivity index (χ3n) is 7.49. The first-order valence-corrected chi connectivity index (χ1v) is 18.2. The number of rotatable bonds is 32. The monoisotopic (exact) mass is 719 g/mol. The zero-order valence-corrected chi connectivity index (χ0v) is 31.2. The van der Waals surface area contributed by atoms with Crippen LogP contribution in [0.3, 0.4) is 0 Å². The molecule has 0 atom stereocenters. The average Bonchev–Trinajstić information content (AvgIpc) is 3.54. The molecule has 0 saturated carbocycles. The van der Waals surface area contributed by atoms with Gasteiger partial charge >= 0.3 is 0 Å². The van der Waals surface area contributed by atoms with Crippen LogP contribution in [-0.2, 0) is 44.3 Å². The quantitative estimate of drug-likeness (QED) is 0.0909. The highest BCUT2D eigenvalue weighted by Gasteiger charge is 2.21. The van der Waals surface area contributed by atoms with Crippen molar-refractivity contribution >= 4 is 11.0 Å². The summed E-state index contributed by atoms with van der Waals surface area (Å²) in [6.45, 7) is 17.2. The highest BCUT2D eigenvalue weighted by molar-refractivity contribution is 5.73. The van der Waals surface area contributed by atoms with Crippen LogP contribution in [0.15, 0.2) is 42.5 Å². The topological polar surface area (TPSA) is 134 Å². The summed E-state index contributed by atoms with van der Waals surface area (Å²) in [5.74, 6) is 1.35. The molecule has 0 fully saturated rings. The first kappa shape index (κ1) is 42.7. The van der Waals surface area contributed by atoms with Gasteiger partial charge in [-0.3, -0.25) is 0 Å². The lowest BCUT2D eigenvalue weighted by molar-refractivity contribution is -0.0242. The van der Waals surface area contributed by atoms with Gasteiger partial charge in [-0.25, -0.2) is 0 Å². The molecule has 0 aliphatic heterocycles. The van der Waals surface area contributed by atoms with E-state index in [-0.39, 0.29) is 12.0 Å². The predicted octanol–water partition coefficient (Wildman–Crippen LogP) is 4.54. The van der Waals surface area contributed by atoms with Crippen molar-refractivity contribution < 1.29 is 47.7 Å². The molecule has 0 aliphatic carbocycles. The maximum absolute atomic E-state index is 8.61. The van der Waals surface area contributed by atoms with Crippen LogP contribution in [-0.4, -0.2) is 139 Å². The summed E-state index contributed by atoms with van der Waals surface area (Å²) in [4.78, 5) is 1.68. The number of hydrogen-bond donors (Lipinski definition) is 1. The zero-order valence-electron chi connectivity index (χ0n) is 31.2. The van der Waals surface area contributed by atoms with E-state index in [9.17, 15) is 0 Å². The minimum absolute atomic E-state index is 0.0235. The van der Waals surface area contributed by atoms with Crippen molar-refractivity contribution in [3.63, 3.8) is 0 Å². The second kappa shape index (κ2) is 26.1. The number of aliphatic hydroxyl groups is 1. The molecule has 288 valence electrons. The van der Waals surface area contributed by atoms with E-state index >= 15 is 0 Å². The maximum atomic E-state index is 8.61. The van der Waals surface area contributed by atoms with Crippen LogP contribution in [0, 0.1) is 11.3 Å². The van der Waals surface area contributed by atoms with Crippen molar-refractivity contribution in [3.8, 4) is 11.4 Å². The summed E-state index contributed by atoms with van der Waals surface area (Å²) in [6.07, 6.45) is 2.10. The Balaban J connectivity index is 1.18. The van der Waals surface area contributed by atoms with Gasteiger partial charge in [0.05, 0.1) is 112 Å². The van der Waals surface area contributed by atoms with Gasteiger partial charge in [0.15, 0.2) is 0 Å². The van der Waals surface area contributed by atoms with Crippen LogP contribution in [0.5, 0.6) is 5.75 Å². The molecule has 2 aromatic carbocycles. The fraction of sp³-hybridized carbons (Fsp3) is 0.684. The Morgan fingerprint density at radius 1 is 0.588 bits per heavy atom. The molecule has 51 heavy (non-hydrogen) atoms. The van der Waals surface area contributed by atoms with Gasteiger partial charge in [-0.1, -0.05) is 45.9 Å². The largest absolute Gasteiger partial charge is 0.489 e. The molecule has 3 aromatic rings. The van der Waals surface area contributed by atoms with Crippen LogP contribution in [0.2, 0.25) is 0 Å². The van der Waals surface area contributed by atoms with Crippen molar-refractivity contribution in [2.75, 3.05) is 119 Å². The standard InChI is InChI=1S/C38H61N3O10/c1-32(2)30-38(3,4)31-33-9-10-37(36(29-33)41-39-34-7-5-6-8-35(34)40-41)51-28-27-50-26-25-49-24-23-48-22-21-47-20-19-46-18-17-45-16-15-44-14-13-43-12-11-42/h5-10,29,32,42H,11-28,30-31H2,1-4H3. The summed E-state index contributed by atoms with van der Waals surface area (Å²) < 4.78 is 49.9. The second-order valence-corrected chi connectivity index (χ2v) is 13.2. The predicted molar refractivity (Wildman–Crippen MR) is 195 cm³/mol. The third kappa shape index (κ3) is 19.1. The summed E-state index contributed by atoms with van der Waals surface area (Å²) >= 11 is 0. The highest BCUT2D eigenvalue weighted by Crippen LogP contribution is 2.32. The lowest BCUT2D eigenvalue weighted by Gasteiger charge is -2.27. The Morgan fingerprint density at radius 3 is 1.41 bits per heavy atom. The second-order valence-electron chi connectivity index (χ2n) is 13.2. The summed E-state index contributed by atoms with van der Waals surface area (Å²) in [5, 5.41) is 18.0. The lowest BCUT2D eigenvalue weighted by atomic mass is 9.79. The van der Waals surface area contributed by atoms with Crippen molar-refractivity contribution in [2.24, 2.45) is 11.3 Å². The molecule has 3 rings (SSSR count). The van der Waals surface area contributed by atoms with Crippen LogP contribution in [0.1, 0.15) is 39.7 Å². The van der Waals surface area contributed by atoms with Crippen LogP contribution in [0.25, 0.3) is 16.7 Å². The van der Waals surface area contributed by atoms with Gasteiger partial charge in [0, 0.05) is 0 Å². The fourth-order valence-electron chi connectivity index (χ4n) is 5.57. The summed E-state index contributed by atoms with van der Waals surface area (Å²) in [5.41, 5.74) is 3.91. The van der Waals surface area contributed by atoms with Crippen LogP contribution >= 0.6 is 0 Å². The smallest absolute Gasteiger partial charge is 0.146 e. The van der Waals surface area contributed by atoms with Gasteiger partial charge in [-0.05, 0) is 54.0 Å². The first-order valence-electron chi connectivity index (χ1n) is 18.2. The Labute approximate surface area is 303 Å².